The minimum atomic E-state index is 0.0258. The van der Waals surface area contributed by atoms with Crippen molar-refractivity contribution in [3.63, 3.8) is 0 Å². The molecule has 2 heterocycles. The molecule has 1 aliphatic heterocycles. The van der Waals surface area contributed by atoms with Gasteiger partial charge >= 0.3 is 0 Å². The molecule has 0 spiro atoms. The molecule has 1 atom stereocenters. The lowest BCUT2D eigenvalue weighted by Gasteiger charge is -2.32. The molecule has 0 aromatic carbocycles. The van der Waals surface area contributed by atoms with Gasteiger partial charge in [-0.1, -0.05) is 12.5 Å². The van der Waals surface area contributed by atoms with E-state index in [1.807, 2.05) is 13.8 Å². The third-order valence-electron chi connectivity index (χ3n) is 4.33. The van der Waals surface area contributed by atoms with E-state index < -0.39 is 0 Å². The highest BCUT2D eigenvalue weighted by Crippen LogP contribution is 2.19. The summed E-state index contributed by atoms with van der Waals surface area (Å²) < 4.78 is 0. The first kappa shape index (κ1) is 17.7. The van der Waals surface area contributed by atoms with Crippen LogP contribution < -0.4 is 5.32 Å². The maximum atomic E-state index is 11.7. The fraction of sp³-hybridized carbons (Fsp3) is 0.667. The van der Waals surface area contributed by atoms with Crippen molar-refractivity contribution in [1.29, 1.82) is 0 Å². The van der Waals surface area contributed by atoms with Crippen LogP contribution in [0.5, 0.6) is 0 Å². The van der Waals surface area contributed by atoms with Crippen LogP contribution in [0.15, 0.2) is 11.6 Å². The molecule has 0 radical (unpaired) electrons. The van der Waals surface area contributed by atoms with E-state index in [1.54, 1.807) is 6.08 Å². The lowest BCUT2D eigenvalue weighted by Crippen LogP contribution is -2.40. The molecule has 0 bridgehead atoms. The van der Waals surface area contributed by atoms with Crippen molar-refractivity contribution < 1.29 is 4.79 Å². The van der Waals surface area contributed by atoms with Gasteiger partial charge in [-0.15, -0.1) is 0 Å². The van der Waals surface area contributed by atoms with E-state index in [4.69, 9.17) is 0 Å². The van der Waals surface area contributed by atoms with E-state index in [0.717, 1.165) is 49.7 Å². The number of imidazole rings is 1. The van der Waals surface area contributed by atoms with Crippen molar-refractivity contribution in [3.05, 3.63) is 28.9 Å². The van der Waals surface area contributed by atoms with E-state index in [2.05, 4.69) is 34.0 Å². The summed E-state index contributed by atoms with van der Waals surface area (Å²) in [6.07, 6.45) is 4.98. The van der Waals surface area contributed by atoms with Crippen molar-refractivity contribution in [2.75, 3.05) is 19.6 Å². The van der Waals surface area contributed by atoms with Gasteiger partial charge in [0, 0.05) is 37.8 Å². The smallest absolute Gasteiger partial charge is 0.243 e. The predicted molar refractivity (Wildman–Crippen MR) is 93.1 cm³/mol. The van der Waals surface area contributed by atoms with Gasteiger partial charge in [-0.2, -0.15) is 0 Å². The first-order valence-electron chi connectivity index (χ1n) is 8.67. The first-order chi connectivity index (χ1) is 11.0. The average Bonchev–Trinajstić information content (AvgIpc) is 2.85. The lowest BCUT2D eigenvalue weighted by molar-refractivity contribution is -0.116. The number of nitrogens with zero attached hydrogens (tertiary/aromatic N) is 2. The molecule has 5 heteroatoms. The highest BCUT2D eigenvalue weighted by molar-refractivity contribution is 5.87. The van der Waals surface area contributed by atoms with Crippen LogP contribution in [0.1, 0.15) is 50.8 Å². The van der Waals surface area contributed by atoms with Crippen LogP contribution in [0, 0.1) is 12.8 Å². The summed E-state index contributed by atoms with van der Waals surface area (Å²) >= 11 is 0. The highest BCUT2D eigenvalue weighted by Gasteiger charge is 2.21. The fourth-order valence-electron chi connectivity index (χ4n) is 3.12. The number of likely N-dealkylation sites (tertiary alicyclic amines) is 1. The quantitative estimate of drug-likeness (QED) is 0.793. The maximum absolute atomic E-state index is 11.7. The number of hydrogen-bond acceptors (Lipinski definition) is 3. The molecule has 1 aromatic rings. The molecular formula is C18H30N4O. The molecule has 23 heavy (non-hydrogen) atoms. The highest BCUT2D eigenvalue weighted by atomic mass is 16.1. The Morgan fingerprint density at radius 1 is 1.48 bits per heavy atom. The van der Waals surface area contributed by atoms with Gasteiger partial charge in [-0.3, -0.25) is 9.69 Å². The van der Waals surface area contributed by atoms with Crippen LogP contribution in [-0.4, -0.2) is 40.4 Å². The van der Waals surface area contributed by atoms with Crippen molar-refractivity contribution in [3.8, 4) is 0 Å². The molecule has 1 saturated heterocycles. The van der Waals surface area contributed by atoms with Crippen molar-refractivity contribution in [2.45, 2.75) is 53.5 Å². The molecule has 1 aromatic heterocycles. The Bertz CT molecular complexity index is 557. The summed E-state index contributed by atoms with van der Waals surface area (Å²) in [5.41, 5.74) is 3.38. The van der Waals surface area contributed by atoms with E-state index in [9.17, 15) is 4.79 Å². The van der Waals surface area contributed by atoms with Crippen LogP contribution in [0.3, 0.4) is 0 Å². The molecule has 0 aliphatic carbocycles. The molecule has 2 rings (SSSR count). The second-order valence-corrected chi connectivity index (χ2v) is 6.82. The number of nitrogens with one attached hydrogen (secondary N) is 2. The SMILES string of the molecule is CCc1nc(CN2CCCC(CNC(=O)C=C(C)C)C2)c(C)[nH]1. The van der Waals surface area contributed by atoms with Crippen molar-refractivity contribution in [1.82, 2.24) is 20.2 Å². The number of piperidine rings is 1. The molecule has 128 valence electrons. The maximum Gasteiger partial charge on any atom is 0.243 e. The van der Waals surface area contributed by atoms with Gasteiger partial charge < -0.3 is 10.3 Å². The number of H-pyrrole nitrogens is 1. The number of rotatable bonds is 6. The van der Waals surface area contributed by atoms with Crippen LogP contribution in [0.4, 0.5) is 0 Å². The third kappa shape index (κ3) is 5.50. The van der Waals surface area contributed by atoms with Gasteiger partial charge in [-0.25, -0.2) is 4.98 Å². The number of hydrogen-bond donors (Lipinski definition) is 2. The zero-order valence-electron chi connectivity index (χ0n) is 14.9. The Balaban J connectivity index is 1.84. The molecule has 1 amide bonds. The lowest BCUT2D eigenvalue weighted by atomic mass is 9.97. The number of aromatic nitrogens is 2. The van der Waals surface area contributed by atoms with Crippen LogP contribution in [0.25, 0.3) is 0 Å². The van der Waals surface area contributed by atoms with Gasteiger partial charge in [0.1, 0.15) is 5.82 Å². The second-order valence-electron chi connectivity index (χ2n) is 6.82. The molecule has 0 saturated carbocycles. The summed E-state index contributed by atoms with van der Waals surface area (Å²) in [5, 5.41) is 3.03. The monoisotopic (exact) mass is 318 g/mol. The van der Waals surface area contributed by atoms with E-state index in [1.165, 1.54) is 18.5 Å². The third-order valence-corrected chi connectivity index (χ3v) is 4.33. The second kappa shape index (κ2) is 8.29. The number of allylic oxidation sites excluding steroid dienone is 1. The molecular weight excluding hydrogens is 288 g/mol. The topological polar surface area (TPSA) is 61.0 Å². The minimum Gasteiger partial charge on any atom is -0.352 e. The van der Waals surface area contributed by atoms with Crippen LogP contribution >= 0.6 is 0 Å². The summed E-state index contributed by atoms with van der Waals surface area (Å²) in [6, 6.07) is 0. The number of aryl methyl sites for hydroxylation is 2. The van der Waals surface area contributed by atoms with Gasteiger partial charge in [0.2, 0.25) is 5.91 Å². The normalized spacial score (nSPS) is 18.7. The summed E-state index contributed by atoms with van der Waals surface area (Å²) in [4.78, 5) is 22.2. The van der Waals surface area contributed by atoms with E-state index >= 15 is 0 Å². The minimum absolute atomic E-state index is 0.0258. The Morgan fingerprint density at radius 2 is 2.26 bits per heavy atom. The van der Waals surface area contributed by atoms with Gasteiger partial charge in [0.25, 0.3) is 0 Å². The predicted octanol–water partition coefficient (Wildman–Crippen LogP) is 2.57. The van der Waals surface area contributed by atoms with Crippen molar-refractivity contribution in [2.24, 2.45) is 5.92 Å². The molecule has 1 unspecified atom stereocenters. The summed E-state index contributed by atoms with van der Waals surface area (Å²) in [5.74, 6) is 1.63. The van der Waals surface area contributed by atoms with Crippen molar-refractivity contribution >= 4 is 5.91 Å². The zero-order valence-corrected chi connectivity index (χ0v) is 14.9. The molecule has 1 aliphatic rings. The van der Waals surface area contributed by atoms with Gasteiger partial charge in [-0.05, 0) is 46.1 Å². The Morgan fingerprint density at radius 3 is 2.91 bits per heavy atom. The van der Waals surface area contributed by atoms with E-state index in [-0.39, 0.29) is 5.91 Å². The Kier molecular flexibility index (Phi) is 6.39. The van der Waals surface area contributed by atoms with Gasteiger partial charge in [0.15, 0.2) is 0 Å². The average molecular weight is 318 g/mol. The summed E-state index contributed by atoms with van der Waals surface area (Å²) in [6.45, 7) is 11.9. The summed E-state index contributed by atoms with van der Waals surface area (Å²) in [7, 11) is 0. The molecule has 5 nitrogen and oxygen atoms in total. The fourth-order valence-corrected chi connectivity index (χ4v) is 3.12. The first-order valence-corrected chi connectivity index (χ1v) is 8.67. The number of carbonyl (C=O) groups is 1. The largest absolute Gasteiger partial charge is 0.352 e. The Hall–Kier alpha value is -1.62. The number of aromatic amines is 1. The Labute approximate surface area is 139 Å². The molecule has 2 N–H and O–H groups in total. The number of amides is 1. The zero-order chi connectivity index (χ0) is 16.8. The van der Waals surface area contributed by atoms with Crippen LogP contribution in [0.2, 0.25) is 0 Å². The van der Waals surface area contributed by atoms with E-state index in [0.29, 0.717) is 5.92 Å². The van der Waals surface area contributed by atoms with Crippen LogP contribution in [-0.2, 0) is 17.8 Å². The number of carbonyl (C=O) groups excluding carboxylic acids is 1. The standard InChI is InChI=1S/C18H30N4O/c1-5-17-20-14(4)16(21-17)12-22-8-6-7-15(11-22)10-19-18(23)9-13(2)3/h9,15H,5-8,10-12H2,1-4H3,(H,19,23)(H,20,21). The van der Waals surface area contributed by atoms with Gasteiger partial charge in [0.05, 0.1) is 5.69 Å². The molecule has 1 fully saturated rings.